The third kappa shape index (κ3) is 11.9. The van der Waals surface area contributed by atoms with Crippen molar-refractivity contribution in [3.8, 4) is 0 Å². The summed E-state index contributed by atoms with van der Waals surface area (Å²) in [6.45, 7) is 7.18. The summed E-state index contributed by atoms with van der Waals surface area (Å²) in [6, 6.07) is 0. The minimum Gasteiger partial charge on any atom is -0.465 e. The second kappa shape index (κ2) is 12.9. The Morgan fingerprint density at radius 2 is 1.56 bits per heavy atom. The Morgan fingerprint density at radius 1 is 0.944 bits per heavy atom. The molecule has 18 heavy (non-hydrogen) atoms. The van der Waals surface area contributed by atoms with E-state index in [0.717, 1.165) is 6.42 Å². The fourth-order valence-electron chi connectivity index (χ4n) is 1.99. The number of carbonyl (C=O) groups is 1. The van der Waals surface area contributed by atoms with Gasteiger partial charge in [0.1, 0.15) is 0 Å². The van der Waals surface area contributed by atoms with Crippen LogP contribution in [0.2, 0.25) is 0 Å². The average Bonchev–Trinajstić information content (AvgIpc) is 2.38. The molecule has 2 heteroatoms. The lowest BCUT2D eigenvalue weighted by Crippen LogP contribution is -2.11. The third-order valence-corrected chi connectivity index (χ3v) is 3.31. The second-order valence-corrected chi connectivity index (χ2v) is 5.45. The van der Waals surface area contributed by atoms with Crippen LogP contribution in [0.4, 0.5) is 0 Å². The molecule has 0 rings (SSSR count). The van der Waals surface area contributed by atoms with Crippen LogP contribution in [0.1, 0.15) is 85.0 Å². The number of ether oxygens (including phenoxy) is 1. The Balaban J connectivity index is 3.31. The summed E-state index contributed by atoms with van der Waals surface area (Å²) in [5.41, 5.74) is 0. The molecular formula is C16H32O2. The molecule has 0 N–H and O–H groups in total. The van der Waals surface area contributed by atoms with Crippen LogP contribution in [-0.4, -0.2) is 12.6 Å². The molecule has 0 heterocycles. The van der Waals surface area contributed by atoms with E-state index in [4.69, 9.17) is 4.74 Å². The van der Waals surface area contributed by atoms with Crippen molar-refractivity contribution in [3.63, 3.8) is 0 Å². The molecule has 0 aromatic heterocycles. The molecule has 0 amide bonds. The van der Waals surface area contributed by atoms with E-state index in [-0.39, 0.29) is 5.97 Å². The van der Waals surface area contributed by atoms with Gasteiger partial charge in [-0.2, -0.15) is 0 Å². The number of carbonyl (C=O) groups excluding carboxylic acids is 1. The van der Waals surface area contributed by atoms with Crippen LogP contribution in [0, 0.1) is 5.92 Å². The van der Waals surface area contributed by atoms with Crippen molar-refractivity contribution in [2.45, 2.75) is 85.0 Å². The third-order valence-electron chi connectivity index (χ3n) is 3.31. The number of hydrogen-bond donors (Lipinski definition) is 0. The topological polar surface area (TPSA) is 26.3 Å². The first-order valence-electron chi connectivity index (χ1n) is 7.86. The molecule has 2 nitrogen and oxygen atoms in total. The first-order valence-corrected chi connectivity index (χ1v) is 7.86. The molecule has 0 saturated heterocycles. The highest BCUT2D eigenvalue weighted by molar-refractivity contribution is 5.69. The van der Waals surface area contributed by atoms with Crippen LogP contribution < -0.4 is 0 Å². The SMILES string of the molecule is CCCCCCCCC(=O)OCC(C)CCCC. The van der Waals surface area contributed by atoms with E-state index < -0.39 is 0 Å². The van der Waals surface area contributed by atoms with E-state index in [1.807, 2.05) is 0 Å². The molecule has 0 bridgehead atoms. The number of esters is 1. The number of unbranched alkanes of at least 4 members (excludes halogenated alkanes) is 6. The van der Waals surface area contributed by atoms with Crippen molar-refractivity contribution >= 4 is 5.97 Å². The van der Waals surface area contributed by atoms with Crippen LogP contribution in [0.5, 0.6) is 0 Å². The molecule has 0 fully saturated rings. The van der Waals surface area contributed by atoms with Crippen molar-refractivity contribution in [1.82, 2.24) is 0 Å². The highest BCUT2D eigenvalue weighted by Crippen LogP contribution is 2.10. The summed E-state index contributed by atoms with van der Waals surface area (Å²) in [6.07, 6.45) is 11.5. The Bertz CT molecular complexity index is 190. The number of hydrogen-bond acceptors (Lipinski definition) is 2. The van der Waals surface area contributed by atoms with Gasteiger partial charge < -0.3 is 4.74 Å². The molecule has 1 unspecified atom stereocenters. The standard InChI is InChI=1S/C16H32O2/c1-4-6-8-9-10-11-13-16(17)18-14-15(3)12-7-5-2/h15H,4-14H2,1-3H3. The smallest absolute Gasteiger partial charge is 0.305 e. The van der Waals surface area contributed by atoms with Crippen molar-refractivity contribution in [2.24, 2.45) is 5.92 Å². The van der Waals surface area contributed by atoms with E-state index in [1.165, 1.54) is 51.4 Å². The highest BCUT2D eigenvalue weighted by Gasteiger charge is 2.06. The van der Waals surface area contributed by atoms with Gasteiger partial charge in [0.2, 0.25) is 0 Å². The Morgan fingerprint density at radius 3 is 2.22 bits per heavy atom. The zero-order valence-corrected chi connectivity index (χ0v) is 12.7. The van der Waals surface area contributed by atoms with Gasteiger partial charge in [0, 0.05) is 6.42 Å². The lowest BCUT2D eigenvalue weighted by atomic mass is 10.1. The van der Waals surface area contributed by atoms with Gasteiger partial charge in [-0.25, -0.2) is 0 Å². The molecule has 0 aromatic carbocycles. The van der Waals surface area contributed by atoms with Crippen LogP contribution >= 0.6 is 0 Å². The normalized spacial score (nSPS) is 12.4. The minimum atomic E-state index is -0.00570. The largest absolute Gasteiger partial charge is 0.465 e. The second-order valence-electron chi connectivity index (χ2n) is 5.45. The van der Waals surface area contributed by atoms with E-state index in [1.54, 1.807) is 0 Å². The maximum Gasteiger partial charge on any atom is 0.305 e. The molecule has 0 spiro atoms. The predicted octanol–water partition coefficient (Wildman–Crippen LogP) is 5.11. The summed E-state index contributed by atoms with van der Waals surface area (Å²) in [7, 11) is 0. The van der Waals surface area contributed by atoms with Crippen molar-refractivity contribution < 1.29 is 9.53 Å². The van der Waals surface area contributed by atoms with Crippen LogP contribution in [-0.2, 0) is 9.53 Å². The van der Waals surface area contributed by atoms with E-state index in [9.17, 15) is 4.79 Å². The molecule has 0 aliphatic carbocycles. The predicted molar refractivity (Wildman–Crippen MR) is 77.6 cm³/mol. The van der Waals surface area contributed by atoms with E-state index in [0.29, 0.717) is 18.9 Å². The van der Waals surface area contributed by atoms with Gasteiger partial charge in [-0.05, 0) is 18.8 Å². The molecule has 0 aliphatic rings. The van der Waals surface area contributed by atoms with Gasteiger partial charge in [0.05, 0.1) is 6.61 Å². The molecular weight excluding hydrogens is 224 g/mol. The molecule has 0 aliphatic heterocycles. The zero-order valence-electron chi connectivity index (χ0n) is 12.7. The fourth-order valence-corrected chi connectivity index (χ4v) is 1.99. The van der Waals surface area contributed by atoms with Gasteiger partial charge in [-0.3, -0.25) is 4.79 Å². The summed E-state index contributed by atoms with van der Waals surface area (Å²) in [5, 5.41) is 0. The van der Waals surface area contributed by atoms with Gasteiger partial charge in [0.15, 0.2) is 0 Å². The molecule has 108 valence electrons. The molecule has 1 atom stereocenters. The summed E-state index contributed by atoms with van der Waals surface area (Å²) >= 11 is 0. The molecule has 0 radical (unpaired) electrons. The van der Waals surface area contributed by atoms with E-state index in [2.05, 4.69) is 20.8 Å². The maximum atomic E-state index is 11.5. The molecule has 0 aromatic rings. The minimum absolute atomic E-state index is 0.00570. The quantitative estimate of drug-likeness (QED) is 0.358. The lowest BCUT2D eigenvalue weighted by Gasteiger charge is -2.11. The monoisotopic (exact) mass is 256 g/mol. The first kappa shape index (κ1) is 17.5. The Kier molecular flexibility index (Phi) is 12.5. The summed E-state index contributed by atoms with van der Waals surface area (Å²) in [4.78, 5) is 11.5. The number of rotatable bonds is 12. The van der Waals surface area contributed by atoms with Crippen molar-refractivity contribution in [2.75, 3.05) is 6.61 Å². The van der Waals surface area contributed by atoms with Gasteiger partial charge >= 0.3 is 5.97 Å². The van der Waals surface area contributed by atoms with Crippen molar-refractivity contribution in [3.05, 3.63) is 0 Å². The van der Waals surface area contributed by atoms with E-state index >= 15 is 0 Å². The summed E-state index contributed by atoms with van der Waals surface area (Å²) in [5.74, 6) is 0.507. The van der Waals surface area contributed by atoms with Gasteiger partial charge in [-0.1, -0.05) is 65.7 Å². The Hall–Kier alpha value is -0.530. The van der Waals surface area contributed by atoms with Gasteiger partial charge in [-0.15, -0.1) is 0 Å². The van der Waals surface area contributed by atoms with Crippen LogP contribution in [0.3, 0.4) is 0 Å². The Labute approximate surface area is 113 Å². The lowest BCUT2D eigenvalue weighted by molar-refractivity contribution is -0.145. The molecule has 0 saturated carbocycles. The fraction of sp³-hybridized carbons (Fsp3) is 0.938. The maximum absolute atomic E-state index is 11.5. The zero-order chi connectivity index (χ0) is 13.6. The van der Waals surface area contributed by atoms with Gasteiger partial charge in [0.25, 0.3) is 0 Å². The van der Waals surface area contributed by atoms with Crippen LogP contribution in [0.25, 0.3) is 0 Å². The average molecular weight is 256 g/mol. The highest BCUT2D eigenvalue weighted by atomic mass is 16.5. The first-order chi connectivity index (χ1) is 8.70. The van der Waals surface area contributed by atoms with Crippen LogP contribution in [0.15, 0.2) is 0 Å². The van der Waals surface area contributed by atoms with Crippen molar-refractivity contribution in [1.29, 1.82) is 0 Å². The summed E-state index contributed by atoms with van der Waals surface area (Å²) < 4.78 is 5.29.